The molecule has 0 bridgehead atoms. The van der Waals surface area contributed by atoms with E-state index >= 15 is 0 Å². The molecule has 0 unspecified atom stereocenters. The molecular weight excluding hydrogens is 134 g/mol. The predicted molar refractivity (Wildman–Crippen MR) is 47.6 cm³/mol. The Kier molecular flexibility index (Phi) is 2.17. The Bertz CT molecular complexity index is 133. The fourth-order valence-corrected chi connectivity index (χ4v) is 2.69. The lowest BCUT2D eigenvalue weighted by atomic mass is 9.78. The second kappa shape index (κ2) is 3.14. The van der Waals surface area contributed by atoms with Crippen LogP contribution in [0.4, 0.5) is 0 Å². The van der Waals surface area contributed by atoms with Gasteiger partial charge in [-0.05, 0) is 38.5 Å². The highest BCUT2D eigenvalue weighted by Gasteiger charge is 2.29. The molecule has 1 heteroatoms. The molecule has 0 aromatic rings. The van der Waals surface area contributed by atoms with Crippen LogP contribution in [0, 0.1) is 5.92 Å². The third kappa shape index (κ3) is 1.58. The lowest BCUT2D eigenvalue weighted by Crippen LogP contribution is -2.47. The Morgan fingerprint density at radius 2 is 1.82 bits per heavy atom. The summed E-state index contributed by atoms with van der Waals surface area (Å²) in [5, 5.41) is 3.72. The number of rotatable bonds is 0. The quantitative estimate of drug-likeness (QED) is 0.563. The number of hydrogen-bond donors (Lipinski definition) is 1. The molecule has 1 N–H and O–H groups in total. The van der Waals surface area contributed by atoms with E-state index < -0.39 is 0 Å². The van der Waals surface area contributed by atoms with Crippen LogP contribution in [0.25, 0.3) is 0 Å². The largest absolute Gasteiger partial charge is 0.311 e. The maximum absolute atomic E-state index is 3.72. The smallest absolute Gasteiger partial charge is 0.00978 e. The molecule has 64 valence electrons. The molecule has 11 heavy (non-hydrogen) atoms. The zero-order chi connectivity index (χ0) is 7.68. The number of hydrogen-bond acceptors (Lipinski definition) is 1. The lowest BCUT2D eigenvalue weighted by molar-refractivity contribution is 0.182. The van der Waals surface area contributed by atoms with Crippen LogP contribution in [-0.4, -0.2) is 12.1 Å². The highest BCUT2D eigenvalue weighted by molar-refractivity contribution is 4.87. The van der Waals surface area contributed by atoms with Gasteiger partial charge in [-0.15, -0.1) is 0 Å². The molecule has 1 nitrogen and oxygen atoms in total. The highest BCUT2D eigenvalue weighted by Crippen LogP contribution is 2.31. The normalized spacial score (nSPS) is 45.0. The van der Waals surface area contributed by atoms with Crippen LogP contribution in [0.2, 0.25) is 0 Å². The number of piperidine rings is 1. The predicted octanol–water partition coefficient (Wildman–Crippen LogP) is 2.32. The first kappa shape index (κ1) is 7.60. The monoisotopic (exact) mass is 153 g/mol. The van der Waals surface area contributed by atoms with Crippen molar-refractivity contribution in [3.05, 3.63) is 0 Å². The van der Waals surface area contributed by atoms with Crippen LogP contribution in [0.1, 0.15) is 45.4 Å². The zero-order valence-corrected chi connectivity index (χ0v) is 7.47. The van der Waals surface area contributed by atoms with E-state index in [0.717, 1.165) is 18.0 Å². The fraction of sp³-hybridized carbons (Fsp3) is 1.00. The summed E-state index contributed by atoms with van der Waals surface area (Å²) in [6.45, 7) is 2.32. The molecule has 1 aliphatic carbocycles. The van der Waals surface area contributed by atoms with Crippen LogP contribution in [0.5, 0.6) is 0 Å². The summed E-state index contributed by atoms with van der Waals surface area (Å²) in [4.78, 5) is 0. The van der Waals surface area contributed by atoms with Crippen molar-refractivity contribution in [1.29, 1.82) is 0 Å². The van der Waals surface area contributed by atoms with Crippen molar-refractivity contribution in [2.24, 2.45) is 5.92 Å². The topological polar surface area (TPSA) is 12.0 Å². The molecule has 0 radical (unpaired) electrons. The number of fused-ring (bicyclic) bond motifs is 1. The molecule has 1 heterocycles. The van der Waals surface area contributed by atoms with Crippen molar-refractivity contribution in [3.8, 4) is 0 Å². The van der Waals surface area contributed by atoms with Gasteiger partial charge in [-0.2, -0.15) is 0 Å². The molecular formula is C10H19N. The minimum atomic E-state index is 0.786. The Labute approximate surface area is 69.6 Å². The van der Waals surface area contributed by atoms with Crippen molar-refractivity contribution >= 4 is 0 Å². The summed E-state index contributed by atoms with van der Waals surface area (Å²) in [5.74, 6) is 1.03. The Morgan fingerprint density at radius 3 is 2.73 bits per heavy atom. The van der Waals surface area contributed by atoms with Gasteiger partial charge in [0, 0.05) is 12.1 Å². The van der Waals surface area contributed by atoms with Gasteiger partial charge in [-0.25, -0.2) is 0 Å². The van der Waals surface area contributed by atoms with Crippen molar-refractivity contribution in [2.75, 3.05) is 0 Å². The maximum atomic E-state index is 3.72. The van der Waals surface area contributed by atoms with Gasteiger partial charge in [0.1, 0.15) is 0 Å². The molecule has 0 aromatic heterocycles. The first-order valence-electron chi connectivity index (χ1n) is 5.12. The van der Waals surface area contributed by atoms with E-state index in [1.165, 1.54) is 38.5 Å². The van der Waals surface area contributed by atoms with Crippen LogP contribution >= 0.6 is 0 Å². The third-order valence-corrected chi connectivity index (χ3v) is 3.38. The van der Waals surface area contributed by atoms with Gasteiger partial charge in [0.25, 0.3) is 0 Å². The van der Waals surface area contributed by atoms with Crippen LogP contribution in [0.15, 0.2) is 0 Å². The molecule has 2 rings (SSSR count). The van der Waals surface area contributed by atoms with Gasteiger partial charge in [0.15, 0.2) is 0 Å². The van der Waals surface area contributed by atoms with E-state index in [9.17, 15) is 0 Å². The molecule has 3 atom stereocenters. The van der Waals surface area contributed by atoms with Crippen molar-refractivity contribution in [1.82, 2.24) is 5.32 Å². The molecule has 0 amide bonds. The molecule has 1 saturated carbocycles. The van der Waals surface area contributed by atoms with Crippen molar-refractivity contribution < 1.29 is 0 Å². The Hall–Kier alpha value is -0.0400. The molecule has 2 fully saturated rings. The van der Waals surface area contributed by atoms with E-state index in [-0.39, 0.29) is 0 Å². The van der Waals surface area contributed by atoms with Gasteiger partial charge in [-0.1, -0.05) is 12.8 Å². The molecule has 1 aliphatic heterocycles. The average Bonchev–Trinajstić information content (AvgIpc) is 2.04. The maximum Gasteiger partial charge on any atom is 0.00978 e. The second-order valence-corrected chi connectivity index (χ2v) is 4.30. The third-order valence-electron chi connectivity index (χ3n) is 3.38. The Balaban J connectivity index is 1.93. The van der Waals surface area contributed by atoms with Crippen molar-refractivity contribution in [3.63, 3.8) is 0 Å². The second-order valence-electron chi connectivity index (χ2n) is 4.30. The lowest BCUT2D eigenvalue weighted by Gasteiger charge is -2.39. The summed E-state index contributed by atoms with van der Waals surface area (Å²) in [7, 11) is 0. The van der Waals surface area contributed by atoms with Crippen LogP contribution < -0.4 is 5.32 Å². The molecule has 0 spiro atoms. The van der Waals surface area contributed by atoms with Gasteiger partial charge < -0.3 is 5.32 Å². The van der Waals surface area contributed by atoms with Gasteiger partial charge in [0.2, 0.25) is 0 Å². The highest BCUT2D eigenvalue weighted by atomic mass is 15.0. The van der Waals surface area contributed by atoms with Gasteiger partial charge >= 0.3 is 0 Å². The van der Waals surface area contributed by atoms with E-state index in [4.69, 9.17) is 0 Å². The average molecular weight is 153 g/mol. The number of nitrogens with one attached hydrogen (secondary N) is 1. The molecule has 0 aromatic carbocycles. The Morgan fingerprint density at radius 1 is 1.00 bits per heavy atom. The van der Waals surface area contributed by atoms with Crippen LogP contribution in [0.3, 0.4) is 0 Å². The summed E-state index contributed by atoms with van der Waals surface area (Å²) in [6.07, 6.45) is 8.76. The van der Waals surface area contributed by atoms with E-state index in [0.29, 0.717) is 0 Å². The fourth-order valence-electron chi connectivity index (χ4n) is 2.69. The molecule has 2 aliphatic rings. The standard InChI is InChI=1S/C10H19N/c1-8-6-7-9-4-2-3-5-10(9)11-8/h8-11H,2-7H2,1H3/t8-,9+,10+/m1/s1. The first-order chi connectivity index (χ1) is 5.36. The van der Waals surface area contributed by atoms with Gasteiger partial charge in [-0.3, -0.25) is 0 Å². The van der Waals surface area contributed by atoms with E-state index in [1.54, 1.807) is 0 Å². The SMILES string of the molecule is C[C@@H]1CC[C@@H]2CCCC[C@@H]2N1. The minimum absolute atomic E-state index is 0.786. The van der Waals surface area contributed by atoms with Crippen LogP contribution in [-0.2, 0) is 0 Å². The van der Waals surface area contributed by atoms with E-state index in [2.05, 4.69) is 12.2 Å². The van der Waals surface area contributed by atoms with E-state index in [1.807, 2.05) is 0 Å². The summed E-state index contributed by atoms with van der Waals surface area (Å²) in [5.41, 5.74) is 0. The zero-order valence-electron chi connectivity index (χ0n) is 7.47. The summed E-state index contributed by atoms with van der Waals surface area (Å²) < 4.78 is 0. The first-order valence-corrected chi connectivity index (χ1v) is 5.12. The summed E-state index contributed by atoms with van der Waals surface area (Å²) >= 11 is 0. The van der Waals surface area contributed by atoms with Gasteiger partial charge in [0.05, 0.1) is 0 Å². The molecule has 1 saturated heterocycles. The van der Waals surface area contributed by atoms with Crippen molar-refractivity contribution in [2.45, 2.75) is 57.5 Å². The minimum Gasteiger partial charge on any atom is -0.311 e. The summed E-state index contributed by atoms with van der Waals surface area (Å²) in [6, 6.07) is 1.67.